The van der Waals surface area contributed by atoms with E-state index in [9.17, 15) is 14.0 Å². The highest BCUT2D eigenvalue weighted by atomic mass is 35.5. The molecule has 0 bridgehead atoms. The van der Waals surface area contributed by atoms with Gasteiger partial charge in [-0.25, -0.2) is 18.7 Å². The smallest absolute Gasteiger partial charge is 0.332 e. The number of rotatable bonds is 9. The fraction of sp³-hybridized carbons (Fsp3) is 0.217. The predicted octanol–water partition coefficient (Wildman–Crippen LogP) is 2.67. The number of primary amides is 1. The van der Waals surface area contributed by atoms with Gasteiger partial charge in [0.2, 0.25) is 5.88 Å². The lowest BCUT2D eigenvalue weighted by atomic mass is 10.2. The average molecular weight is 518 g/mol. The first-order chi connectivity index (χ1) is 17.2. The van der Waals surface area contributed by atoms with Crippen LogP contribution < -0.4 is 30.4 Å². The van der Waals surface area contributed by atoms with Crippen molar-refractivity contribution in [2.45, 2.75) is 13.5 Å². The quantitative estimate of drug-likeness (QED) is 0.345. The Bertz CT molecular complexity index is 1520. The molecule has 2 aromatic heterocycles. The highest BCUT2D eigenvalue weighted by molar-refractivity contribution is 6.32. The number of hydrogen-bond donors (Lipinski definition) is 2. The molecule has 36 heavy (non-hydrogen) atoms. The minimum atomic E-state index is -0.732. The molecule has 4 aromatic rings. The zero-order valence-corrected chi connectivity index (χ0v) is 20.2. The highest BCUT2D eigenvalue weighted by Crippen LogP contribution is 2.37. The van der Waals surface area contributed by atoms with Crippen molar-refractivity contribution in [1.82, 2.24) is 19.5 Å². The van der Waals surface area contributed by atoms with E-state index in [4.69, 9.17) is 36.3 Å². The normalized spacial score (nSPS) is 10.9. The van der Waals surface area contributed by atoms with Crippen molar-refractivity contribution in [3.63, 3.8) is 0 Å². The van der Waals surface area contributed by atoms with Gasteiger partial charge >= 0.3 is 5.69 Å². The van der Waals surface area contributed by atoms with Crippen molar-refractivity contribution in [2.24, 2.45) is 5.73 Å². The van der Waals surface area contributed by atoms with Gasteiger partial charge in [0.1, 0.15) is 29.5 Å². The van der Waals surface area contributed by atoms with Gasteiger partial charge in [-0.3, -0.25) is 9.78 Å². The second-order valence-electron chi connectivity index (χ2n) is 7.46. The number of aromatic amines is 1. The van der Waals surface area contributed by atoms with E-state index in [2.05, 4.69) is 15.0 Å². The zero-order chi connectivity index (χ0) is 26.0. The van der Waals surface area contributed by atoms with Gasteiger partial charge in [0.15, 0.2) is 23.8 Å². The van der Waals surface area contributed by atoms with Gasteiger partial charge in [-0.2, -0.15) is 4.98 Å². The third-order valence-electron chi connectivity index (χ3n) is 5.10. The van der Waals surface area contributed by atoms with Gasteiger partial charge in [-0.05, 0) is 19.1 Å². The van der Waals surface area contributed by atoms with Crippen molar-refractivity contribution < 1.29 is 28.1 Å². The van der Waals surface area contributed by atoms with E-state index in [-0.39, 0.29) is 57.2 Å². The fourth-order valence-electron chi connectivity index (χ4n) is 3.52. The second-order valence-corrected chi connectivity index (χ2v) is 7.87. The van der Waals surface area contributed by atoms with Crippen LogP contribution in [0.2, 0.25) is 5.02 Å². The molecule has 188 valence electrons. The Morgan fingerprint density at radius 3 is 2.58 bits per heavy atom. The Labute approximate surface area is 208 Å². The molecule has 2 heterocycles. The van der Waals surface area contributed by atoms with Crippen LogP contribution in [0.4, 0.5) is 4.39 Å². The minimum Gasteiger partial charge on any atom is -0.496 e. The molecule has 0 atom stereocenters. The Morgan fingerprint density at radius 2 is 1.89 bits per heavy atom. The van der Waals surface area contributed by atoms with Gasteiger partial charge in [0, 0.05) is 12.1 Å². The number of imidazole rings is 1. The molecule has 1 amide bonds. The van der Waals surface area contributed by atoms with E-state index in [1.54, 1.807) is 13.0 Å². The van der Waals surface area contributed by atoms with Crippen LogP contribution in [0, 0.1) is 12.7 Å². The number of nitrogens with two attached hydrogens (primary N) is 1. The molecule has 0 fully saturated rings. The monoisotopic (exact) mass is 517 g/mol. The van der Waals surface area contributed by atoms with Gasteiger partial charge in [0.25, 0.3) is 5.91 Å². The third kappa shape index (κ3) is 4.75. The van der Waals surface area contributed by atoms with Crippen LogP contribution in [0.1, 0.15) is 11.4 Å². The summed E-state index contributed by atoms with van der Waals surface area (Å²) < 4.78 is 37.4. The molecule has 3 N–H and O–H groups in total. The molecule has 0 aliphatic heterocycles. The number of carbonyl (C=O) groups excluding carboxylic acids is 1. The number of carbonyl (C=O) groups is 1. The third-order valence-corrected chi connectivity index (χ3v) is 5.40. The van der Waals surface area contributed by atoms with Crippen molar-refractivity contribution in [3.8, 4) is 28.8 Å². The molecular weight excluding hydrogens is 497 g/mol. The molecule has 13 heteroatoms. The van der Waals surface area contributed by atoms with Crippen molar-refractivity contribution >= 4 is 28.7 Å². The standard InChI is InChI=1S/C23H21ClFN5O6/c1-11-27-21-20(22(28-11)34-3)29-23(32)30(21)15-8-18(17(7-13(15)24)36-10-19(26)31)35-9-12-14(25)5-4-6-16(12)33-2/h4-8H,9-10H2,1-3H3,(H2,26,31)(H,29,32). The maximum absolute atomic E-state index is 14.4. The van der Waals surface area contributed by atoms with Crippen LogP contribution >= 0.6 is 11.6 Å². The van der Waals surface area contributed by atoms with E-state index in [1.165, 1.54) is 43.1 Å². The van der Waals surface area contributed by atoms with Crippen LogP contribution in [-0.4, -0.2) is 46.3 Å². The predicted molar refractivity (Wildman–Crippen MR) is 128 cm³/mol. The Kier molecular flexibility index (Phi) is 6.97. The Morgan fingerprint density at radius 1 is 1.14 bits per heavy atom. The van der Waals surface area contributed by atoms with Crippen LogP contribution in [0.5, 0.6) is 23.1 Å². The summed E-state index contributed by atoms with van der Waals surface area (Å²) >= 11 is 6.50. The number of nitrogens with one attached hydrogen (secondary N) is 1. The molecule has 0 saturated heterocycles. The topological polar surface area (TPSA) is 144 Å². The lowest BCUT2D eigenvalue weighted by molar-refractivity contribution is -0.119. The molecule has 0 spiro atoms. The van der Waals surface area contributed by atoms with Gasteiger partial charge < -0.3 is 24.7 Å². The van der Waals surface area contributed by atoms with Crippen LogP contribution in [0.15, 0.2) is 35.1 Å². The minimum absolute atomic E-state index is 0.0501. The van der Waals surface area contributed by atoms with Crippen LogP contribution in [-0.2, 0) is 11.4 Å². The molecule has 0 radical (unpaired) electrons. The lowest BCUT2D eigenvalue weighted by Gasteiger charge is -2.16. The lowest BCUT2D eigenvalue weighted by Crippen LogP contribution is -2.20. The fourth-order valence-corrected chi connectivity index (χ4v) is 3.76. The summed E-state index contributed by atoms with van der Waals surface area (Å²) in [5.41, 5.74) is 5.42. The first-order valence-electron chi connectivity index (χ1n) is 10.5. The summed E-state index contributed by atoms with van der Waals surface area (Å²) in [6, 6.07) is 7.11. The summed E-state index contributed by atoms with van der Waals surface area (Å²) in [6.07, 6.45) is 0. The number of ether oxygens (including phenoxy) is 4. The number of nitrogens with zero attached hydrogens (tertiary/aromatic N) is 3. The summed E-state index contributed by atoms with van der Waals surface area (Å²) in [5.74, 6) is -0.369. The zero-order valence-electron chi connectivity index (χ0n) is 19.4. The average Bonchev–Trinajstić information content (AvgIpc) is 3.17. The Balaban J connectivity index is 1.84. The van der Waals surface area contributed by atoms with E-state index < -0.39 is 24.0 Å². The summed E-state index contributed by atoms with van der Waals surface area (Å²) in [7, 11) is 2.82. The second kappa shape index (κ2) is 10.1. The number of H-pyrrole nitrogens is 1. The molecule has 0 saturated carbocycles. The first kappa shape index (κ1) is 24.8. The SMILES string of the molecule is COc1cccc(F)c1COc1cc(-n2c(=O)[nH]c3c(OC)nc(C)nc32)c(Cl)cc1OCC(N)=O. The summed E-state index contributed by atoms with van der Waals surface area (Å²) in [4.78, 5) is 35.4. The number of hydrogen-bond acceptors (Lipinski definition) is 8. The number of amides is 1. The van der Waals surface area contributed by atoms with Crippen molar-refractivity contribution in [3.05, 3.63) is 63.0 Å². The van der Waals surface area contributed by atoms with Gasteiger partial charge in [-0.15, -0.1) is 0 Å². The highest BCUT2D eigenvalue weighted by Gasteiger charge is 2.21. The van der Waals surface area contributed by atoms with Gasteiger partial charge in [-0.1, -0.05) is 17.7 Å². The summed E-state index contributed by atoms with van der Waals surface area (Å²) in [5, 5.41) is 0.0727. The Hall–Kier alpha value is -4.32. The maximum atomic E-state index is 14.4. The number of benzene rings is 2. The van der Waals surface area contributed by atoms with E-state index >= 15 is 0 Å². The van der Waals surface area contributed by atoms with Crippen molar-refractivity contribution in [2.75, 3.05) is 20.8 Å². The van der Waals surface area contributed by atoms with Gasteiger partial charge in [0.05, 0.1) is 30.5 Å². The number of aryl methyl sites for hydroxylation is 1. The molecule has 11 nitrogen and oxygen atoms in total. The van der Waals surface area contributed by atoms with Crippen LogP contribution in [0.25, 0.3) is 16.9 Å². The van der Waals surface area contributed by atoms with Crippen molar-refractivity contribution in [1.29, 1.82) is 0 Å². The molecule has 4 rings (SSSR count). The van der Waals surface area contributed by atoms with E-state index in [0.29, 0.717) is 5.82 Å². The largest absolute Gasteiger partial charge is 0.496 e. The van der Waals surface area contributed by atoms with E-state index in [0.717, 1.165) is 0 Å². The molecule has 2 aromatic carbocycles. The molecule has 0 aliphatic rings. The number of halogens is 2. The molecular formula is C23H21ClFN5O6. The summed E-state index contributed by atoms with van der Waals surface area (Å²) in [6.45, 7) is 0.913. The number of methoxy groups -OCH3 is 2. The molecule has 0 unspecified atom stereocenters. The number of fused-ring (bicyclic) bond motifs is 1. The van der Waals surface area contributed by atoms with E-state index in [1.807, 2.05) is 0 Å². The number of aromatic nitrogens is 4. The van der Waals surface area contributed by atoms with Crippen LogP contribution in [0.3, 0.4) is 0 Å². The molecule has 0 aliphatic carbocycles. The first-order valence-corrected chi connectivity index (χ1v) is 10.8. The maximum Gasteiger partial charge on any atom is 0.332 e.